The molecule has 0 aromatic carbocycles. The summed E-state index contributed by atoms with van der Waals surface area (Å²) in [7, 11) is 0. The van der Waals surface area contributed by atoms with Crippen LogP contribution >= 0.6 is 11.8 Å². The largest absolute Gasteiger partial charge is 0.323 e. The number of aromatic amines is 1. The molecule has 1 aromatic heterocycles. The second kappa shape index (κ2) is 4.66. The third-order valence-corrected chi connectivity index (χ3v) is 2.04. The first-order valence-electron chi connectivity index (χ1n) is 3.70. The highest BCUT2D eigenvalue weighted by atomic mass is 32.2. The van der Waals surface area contributed by atoms with Gasteiger partial charge in [-0.05, 0) is 5.75 Å². The molecule has 13 heavy (non-hydrogen) atoms. The zero-order valence-corrected chi connectivity index (χ0v) is 7.85. The number of H-pyrrole nitrogens is 1. The molecule has 2 N–H and O–H groups in total. The van der Waals surface area contributed by atoms with Crippen LogP contribution in [0.25, 0.3) is 0 Å². The fourth-order valence-electron chi connectivity index (χ4n) is 0.755. The van der Waals surface area contributed by atoms with Crippen molar-refractivity contribution >= 4 is 23.9 Å². The Hall–Kier alpha value is -1.30. The quantitative estimate of drug-likeness (QED) is 0.419. The van der Waals surface area contributed by atoms with Crippen molar-refractivity contribution in [3.05, 3.63) is 16.6 Å². The molecular weight excluding hydrogens is 190 g/mol. The summed E-state index contributed by atoms with van der Waals surface area (Å²) in [6.45, 7) is 1.96. The van der Waals surface area contributed by atoms with Gasteiger partial charge in [-0.15, -0.1) is 0 Å². The molecule has 5 nitrogen and oxygen atoms in total. The van der Waals surface area contributed by atoms with Crippen LogP contribution in [-0.4, -0.2) is 22.1 Å². The number of carbonyl (C=O) groups is 1. The van der Waals surface area contributed by atoms with Gasteiger partial charge in [0.15, 0.2) is 5.16 Å². The predicted molar refractivity (Wildman–Crippen MR) is 50.9 cm³/mol. The number of hydrogen-bond acceptors (Lipinski definition) is 4. The average molecular weight is 199 g/mol. The molecule has 0 saturated heterocycles. The minimum atomic E-state index is -0.335. The van der Waals surface area contributed by atoms with Crippen molar-refractivity contribution in [3.63, 3.8) is 0 Å². The molecular formula is C7H9N3O2S. The maximum absolute atomic E-state index is 11.2. The fraction of sp³-hybridized carbons (Fsp3) is 0.286. The van der Waals surface area contributed by atoms with Gasteiger partial charge in [0.25, 0.3) is 5.56 Å². The van der Waals surface area contributed by atoms with Gasteiger partial charge < -0.3 is 5.32 Å². The zero-order chi connectivity index (χ0) is 9.68. The highest BCUT2D eigenvalue weighted by Crippen LogP contribution is 2.09. The molecule has 70 valence electrons. The maximum Gasteiger partial charge on any atom is 0.275 e. The monoisotopic (exact) mass is 199 g/mol. The standard InChI is InChI=1S/C7H9N3O2S/c1-2-13-7-8-3-5(9-4-11)6(12)10-7/h3-4H,2H2,1H3,(H,9,11)(H,8,10,12). The van der Waals surface area contributed by atoms with Crippen molar-refractivity contribution in [3.8, 4) is 0 Å². The van der Waals surface area contributed by atoms with Gasteiger partial charge in [0.2, 0.25) is 6.41 Å². The molecule has 0 atom stereocenters. The van der Waals surface area contributed by atoms with E-state index in [0.717, 1.165) is 5.75 Å². The first-order chi connectivity index (χ1) is 6.27. The Bertz CT molecular complexity index is 350. The van der Waals surface area contributed by atoms with Crippen LogP contribution in [0, 0.1) is 0 Å². The van der Waals surface area contributed by atoms with Gasteiger partial charge in [-0.25, -0.2) is 4.98 Å². The minimum Gasteiger partial charge on any atom is -0.323 e. The molecule has 0 unspecified atom stereocenters. The van der Waals surface area contributed by atoms with Crippen LogP contribution in [0.15, 0.2) is 16.1 Å². The second-order valence-corrected chi connectivity index (χ2v) is 3.38. The number of anilines is 1. The van der Waals surface area contributed by atoms with E-state index >= 15 is 0 Å². The van der Waals surface area contributed by atoms with Crippen LogP contribution in [-0.2, 0) is 4.79 Å². The minimum absolute atomic E-state index is 0.162. The second-order valence-electron chi connectivity index (χ2n) is 2.13. The Morgan fingerprint density at radius 3 is 3.08 bits per heavy atom. The van der Waals surface area contributed by atoms with E-state index in [1.165, 1.54) is 18.0 Å². The number of nitrogens with one attached hydrogen (secondary N) is 2. The third-order valence-electron chi connectivity index (χ3n) is 1.27. The number of carbonyl (C=O) groups excluding carboxylic acids is 1. The highest BCUT2D eigenvalue weighted by molar-refractivity contribution is 7.99. The summed E-state index contributed by atoms with van der Waals surface area (Å²) >= 11 is 1.43. The Kier molecular flexibility index (Phi) is 3.51. The lowest BCUT2D eigenvalue weighted by Crippen LogP contribution is -2.14. The number of amides is 1. The predicted octanol–water partition coefficient (Wildman–Crippen LogP) is 0.450. The van der Waals surface area contributed by atoms with Crippen molar-refractivity contribution in [2.24, 2.45) is 0 Å². The van der Waals surface area contributed by atoms with E-state index in [2.05, 4.69) is 15.3 Å². The lowest BCUT2D eigenvalue weighted by atomic mass is 10.5. The van der Waals surface area contributed by atoms with Gasteiger partial charge >= 0.3 is 0 Å². The SMILES string of the molecule is CCSc1ncc(NC=O)c(=O)[nH]1. The van der Waals surface area contributed by atoms with E-state index in [4.69, 9.17) is 0 Å². The number of thioether (sulfide) groups is 1. The number of rotatable bonds is 4. The molecule has 0 radical (unpaired) electrons. The van der Waals surface area contributed by atoms with Gasteiger partial charge in [-0.1, -0.05) is 18.7 Å². The lowest BCUT2D eigenvalue weighted by molar-refractivity contribution is -0.105. The van der Waals surface area contributed by atoms with Crippen molar-refractivity contribution in [1.82, 2.24) is 9.97 Å². The van der Waals surface area contributed by atoms with Crippen LogP contribution < -0.4 is 10.9 Å². The van der Waals surface area contributed by atoms with Gasteiger partial charge in [-0.3, -0.25) is 14.6 Å². The van der Waals surface area contributed by atoms with Crippen molar-refractivity contribution in [2.75, 3.05) is 11.1 Å². The molecule has 0 aliphatic carbocycles. The summed E-state index contributed by atoms with van der Waals surface area (Å²) in [5.74, 6) is 0.837. The highest BCUT2D eigenvalue weighted by Gasteiger charge is 2.00. The molecule has 1 aromatic rings. The molecule has 0 saturated carbocycles. The van der Waals surface area contributed by atoms with Gasteiger partial charge in [0.1, 0.15) is 5.69 Å². The molecule has 0 aliphatic rings. The molecule has 1 rings (SSSR count). The van der Waals surface area contributed by atoms with Crippen LogP contribution in [0.1, 0.15) is 6.92 Å². The number of hydrogen-bond donors (Lipinski definition) is 2. The Balaban J connectivity index is 2.91. The summed E-state index contributed by atoms with van der Waals surface area (Å²) in [5, 5.41) is 2.81. The summed E-state index contributed by atoms with van der Waals surface area (Å²) in [4.78, 5) is 27.7. The van der Waals surface area contributed by atoms with E-state index in [0.29, 0.717) is 11.6 Å². The summed E-state index contributed by atoms with van der Waals surface area (Å²) in [6, 6.07) is 0. The Morgan fingerprint density at radius 1 is 1.77 bits per heavy atom. The summed E-state index contributed by atoms with van der Waals surface area (Å²) in [5.41, 5.74) is -0.173. The Labute approximate surface area is 79.0 Å². The number of aromatic nitrogens is 2. The van der Waals surface area contributed by atoms with E-state index < -0.39 is 0 Å². The molecule has 1 amide bonds. The van der Waals surface area contributed by atoms with Crippen LogP contribution in [0.4, 0.5) is 5.69 Å². The van der Waals surface area contributed by atoms with E-state index in [1.807, 2.05) is 6.92 Å². The first-order valence-corrected chi connectivity index (χ1v) is 4.68. The van der Waals surface area contributed by atoms with Crippen molar-refractivity contribution < 1.29 is 4.79 Å². The molecule has 0 aliphatic heterocycles. The van der Waals surface area contributed by atoms with E-state index in [-0.39, 0.29) is 11.2 Å². The van der Waals surface area contributed by atoms with Gasteiger partial charge in [0, 0.05) is 0 Å². The fourth-order valence-corrected chi connectivity index (χ4v) is 1.32. The summed E-state index contributed by atoms with van der Waals surface area (Å²) < 4.78 is 0. The Morgan fingerprint density at radius 2 is 2.54 bits per heavy atom. The molecule has 6 heteroatoms. The van der Waals surface area contributed by atoms with E-state index in [9.17, 15) is 9.59 Å². The first kappa shape index (κ1) is 9.79. The van der Waals surface area contributed by atoms with Crippen LogP contribution in [0.3, 0.4) is 0 Å². The molecule has 0 bridgehead atoms. The molecule has 1 heterocycles. The maximum atomic E-state index is 11.2. The summed E-state index contributed by atoms with van der Waals surface area (Å²) in [6.07, 6.45) is 1.78. The molecule has 0 spiro atoms. The number of nitrogens with zero attached hydrogens (tertiary/aromatic N) is 1. The van der Waals surface area contributed by atoms with Crippen LogP contribution in [0.2, 0.25) is 0 Å². The topological polar surface area (TPSA) is 74.8 Å². The average Bonchev–Trinajstić information content (AvgIpc) is 2.10. The smallest absolute Gasteiger partial charge is 0.275 e. The van der Waals surface area contributed by atoms with Gasteiger partial charge in [0.05, 0.1) is 6.20 Å². The van der Waals surface area contributed by atoms with Crippen LogP contribution in [0.5, 0.6) is 0 Å². The van der Waals surface area contributed by atoms with E-state index in [1.54, 1.807) is 0 Å². The lowest BCUT2D eigenvalue weighted by Gasteiger charge is -1.99. The van der Waals surface area contributed by atoms with Crippen molar-refractivity contribution in [1.29, 1.82) is 0 Å². The van der Waals surface area contributed by atoms with Crippen molar-refractivity contribution in [2.45, 2.75) is 12.1 Å². The molecule has 0 fully saturated rings. The third kappa shape index (κ3) is 2.59. The van der Waals surface area contributed by atoms with Gasteiger partial charge in [-0.2, -0.15) is 0 Å². The zero-order valence-electron chi connectivity index (χ0n) is 7.03. The normalized spacial score (nSPS) is 9.62.